The van der Waals surface area contributed by atoms with E-state index >= 15 is 0 Å². The maximum absolute atomic E-state index is 11.9. The van der Waals surface area contributed by atoms with E-state index in [0.717, 1.165) is 5.56 Å². The van der Waals surface area contributed by atoms with Crippen LogP contribution in [0, 0.1) is 0 Å². The molecule has 0 saturated carbocycles. The van der Waals surface area contributed by atoms with Gasteiger partial charge in [0.2, 0.25) is 10.0 Å². The number of carbonyl (C=O) groups excluding carboxylic acids is 2. The number of nitrogens with two attached hydrogens (primary N) is 1. The van der Waals surface area contributed by atoms with Crippen molar-refractivity contribution in [1.82, 2.24) is 5.32 Å². The first-order valence-electron chi connectivity index (χ1n) is 7.41. The summed E-state index contributed by atoms with van der Waals surface area (Å²) < 4.78 is 27.2. The van der Waals surface area contributed by atoms with Gasteiger partial charge in [-0.1, -0.05) is 30.3 Å². The number of ether oxygens (including phenoxy) is 1. The first-order chi connectivity index (χ1) is 11.8. The summed E-state index contributed by atoms with van der Waals surface area (Å²) in [5, 5.41) is 7.70. The highest BCUT2D eigenvalue weighted by Crippen LogP contribution is 2.11. The summed E-state index contributed by atoms with van der Waals surface area (Å²) in [5.41, 5.74) is 1.05. The van der Waals surface area contributed by atoms with Gasteiger partial charge in [-0.15, -0.1) is 0 Å². The Bertz CT molecular complexity index is 848. The minimum atomic E-state index is -3.83. The van der Waals surface area contributed by atoms with Gasteiger partial charge in [0.25, 0.3) is 5.91 Å². The highest BCUT2D eigenvalue weighted by molar-refractivity contribution is 7.89. The summed E-state index contributed by atoms with van der Waals surface area (Å²) in [6.07, 6.45) is 0. The Hall–Kier alpha value is -2.71. The molecule has 0 aliphatic heterocycles. The first kappa shape index (κ1) is 18.6. The first-order valence-corrected chi connectivity index (χ1v) is 8.96. The lowest BCUT2D eigenvalue weighted by Gasteiger charge is -2.14. The highest BCUT2D eigenvalue weighted by atomic mass is 32.2. The molecule has 1 unspecified atom stereocenters. The molecule has 1 atom stereocenters. The third kappa shape index (κ3) is 5.40. The molecule has 7 nitrogen and oxygen atoms in total. The largest absolute Gasteiger partial charge is 0.452 e. The van der Waals surface area contributed by atoms with Crippen LogP contribution < -0.4 is 10.5 Å². The summed E-state index contributed by atoms with van der Waals surface area (Å²) in [6.45, 7) is 1.38. The van der Waals surface area contributed by atoms with Crippen LogP contribution in [0.4, 0.5) is 0 Å². The molecule has 2 aromatic rings. The molecule has 0 heterocycles. The molecule has 2 aromatic carbocycles. The Balaban J connectivity index is 1.88. The lowest BCUT2D eigenvalue weighted by molar-refractivity contribution is -0.124. The number of hydrogen-bond donors (Lipinski definition) is 2. The molecule has 0 spiro atoms. The Morgan fingerprint density at radius 3 is 2.24 bits per heavy atom. The Morgan fingerprint density at radius 1 is 1.08 bits per heavy atom. The quantitative estimate of drug-likeness (QED) is 0.753. The average Bonchev–Trinajstić information content (AvgIpc) is 2.59. The van der Waals surface area contributed by atoms with E-state index in [1.165, 1.54) is 24.3 Å². The number of esters is 1. The van der Waals surface area contributed by atoms with E-state index < -0.39 is 28.5 Å². The Kier molecular flexibility index (Phi) is 5.89. The Morgan fingerprint density at radius 2 is 1.68 bits per heavy atom. The maximum atomic E-state index is 11.9. The van der Waals surface area contributed by atoms with Crippen LogP contribution in [-0.2, 0) is 19.6 Å². The lowest BCUT2D eigenvalue weighted by atomic mass is 10.1. The monoisotopic (exact) mass is 362 g/mol. The number of sulfonamides is 1. The van der Waals surface area contributed by atoms with Gasteiger partial charge in [0, 0.05) is 0 Å². The van der Waals surface area contributed by atoms with E-state index in [4.69, 9.17) is 9.88 Å². The second-order valence-electron chi connectivity index (χ2n) is 5.35. The van der Waals surface area contributed by atoms with Gasteiger partial charge in [0.05, 0.1) is 16.5 Å². The second kappa shape index (κ2) is 7.91. The zero-order chi connectivity index (χ0) is 18.4. The molecule has 2 rings (SSSR count). The number of hydrogen-bond acceptors (Lipinski definition) is 5. The zero-order valence-electron chi connectivity index (χ0n) is 13.5. The molecular formula is C17H18N2O5S. The maximum Gasteiger partial charge on any atom is 0.338 e. The lowest BCUT2D eigenvalue weighted by Crippen LogP contribution is -2.31. The van der Waals surface area contributed by atoms with Crippen molar-refractivity contribution in [1.29, 1.82) is 0 Å². The number of amides is 1. The predicted octanol–water partition coefficient (Wildman–Crippen LogP) is 1.37. The molecule has 3 N–H and O–H groups in total. The SMILES string of the molecule is CC(NC(=O)COC(=O)c1ccc(S(N)(=O)=O)cc1)c1ccccc1. The molecule has 1 amide bonds. The fraction of sp³-hybridized carbons (Fsp3) is 0.176. The predicted molar refractivity (Wildman–Crippen MR) is 91.1 cm³/mol. The standard InChI is InChI=1S/C17H18N2O5S/c1-12(13-5-3-2-4-6-13)19-16(20)11-24-17(21)14-7-9-15(10-8-14)25(18,22)23/h2-10,12H,11H2,1H3,(H,19,20)(H2,18,22,23). The van der Waals surface area contributed by atoms with Gasteiger partial charge < -0.3 is 10.1 Å². The smallest absolute Gasteiger partial charge is 0.338 e. The third-order valence-electron chi connectivity index (χ3n) is 3.43. The minimum Gasteiger partial charge on any atom is -0.452 e. The number of carbonyl (C=O) groups is 2. The van der Waals surface area contributed by atoms with Crippen molar-refractivity contribution in [2.75, 3.05) is 6.61 Å². The van der Waals surface area contributed by atoms with E-state index in [-0.39, 0.29) is 16.5 Å². The second-order valence-corrected chi connectivity index (χ2v) is 6.91. The van der Waals surface area contributed by atoms with Crippen LogP contribution in [-0.4, -0.2) is 26.9 Å². The number of nitrogens with one attached hydrogen (secondary N) is 1. The molecule has 8 heteroatoms. The number of benzene rings is 2. The molecule has 0 saturated heterocycles. The molecule has 0 aliphatic carbocycles. The van der Waals surface area contributed by atoms with Gasteiger partial charge in [0.1, 0.15) is 0 Å². The van der Waals surface area contributed by atoms with E-state index in [9.17, 15) is 18.0 Å². The minimum absolute atomic E-state index is 0.113. The van der Waals surface area contributed by atoms with Crippen molar-refractivity contribution in [2.24, 2.45) is 5.14 Å². The number of rotatable bonds is 6. The van der Waals surface area contributed by atoms with Gasteiger partial charge in [0.15, 0.2) is 6.61 Å². The van der Waals surface area contributed by atoms with Crippen LogP contribution in [0.15, 0.2) is 59.5 Å². The van der Waals surface area contributed by atoms with Crippen molar-refractivity contribution in [3.63, 3.8) is 0 Å². The third-order valence-corrected chi connectivity index (χ3v) is 4.36. The van der Waals surface area contributed by atoms with Crippen LogP contribution in [0.25, 0.3) is 0 Å². The van der Waals surface area contributed by atoms with E-state index in [0.29, 0.717) is 0 Å². The van der Waals surface area contributed by atoms with Crippen molar-refractivity contribution in [3.05, 3.63) is 65.7 Å². The molecule has 0 aliphatic rings. The van der Waals surface area contributed by atoms with E-state index in [1.54, 1.807) is 0 Å². The molecule has 0 aromatic heterocycles. The van der Waals surface area contributed by atoms with Crippen molar-refractivity contribution in [3.8, 4) is 0 Å². The average molecular weight is 362 g/mol. The molecule has 132 valence electrons. The van der Waals surface area contributed by atoms with Gasteiger partial charge in [-0.3, -0.25) is 4.79 Å². The fourth-order valence-corrected chi connectivity index (χ4v) is 2.62. The van der Waals surface area contributed by atoms with Crippen LogP contribution in [0.3, 0.4) is 0 Å². The Labute approximate surface area is 145 Å². The molecule has 0 radical (unpaired) electrons. The molecule has 0 fully saturated rings. The fourth-order valence-electron chi connectivity index (χ4n) is 2.10. The van der Waals surface area contributed by atoms with Gasteiger partial charge in [-0.05, 0) is 36.8 Å². The highest BCUT2D eigenvalue weighted by Gasteiger charge is 2.14. The van der Waals surface area contributed by atoms with Crippen molar-refractivity contribution >= 4 is 21.9 Å². The topological polar surface area (TPSA) is 116 Å². The summed E-state index contributed by atoms with van der Waals surface area (Å²) in [6, 6.07) is 14.1. The van der Waals surface area contributed by atoms with Gasteiger partial charge in [-0.25, -0.2) is 18.4 Å². The molecule has 0 bridgehead atoms. The summed E-state index contributed by atoms with van der Waals surface area (Å²) in [7, 11) is -3.83. The van der Waals surface area contributed by atoms with Crippen LogP contribution >= 0.6 is 0 Å². The van der Waals surface area contributed by atoms with E-state index in [1.807, 2.05) is 37.3 Å². The zero-order valence-corrected chi connectivity index (χ0v) is 14.3. The van der Waals surface area contributed by atoms with Crippen LogP contribution in [0.1, 0.15) is 28.9 Å². The molecular weight excluding hydrogens is 344 g/mol. The summed E-state index contributed by atoms with van der Waals surface area (Å²) in [4.78, 5) is 23.6. The summed E-state index contributed by atoms with van der Waals surface area (Å²) >= 11 is 0. The molecule has 25 heavy (non-hydrogen) atoms. The van der Waals surface area contributed by atoms with E-state index in [2.05, 4.69) is 5.32 Å². The van der Waals surface area contributed by atoms with Gasteiger partial charge >= 0.3 is 5.97 Å². The van der Waals surface area contributed by atoms with Gasteiger partial charge in [-0.2, -0.15) is 0 Å². The van der Waals surface area contributed by atoms with Crippen molar-refractivity contribution < 1.29 is 22.7 Å². The normalized spacial score (nSPS) is 12.2. The van der Waals surface area contributed by atoms with Crippen LogP contribution in [0.2, 0.25) is 0 Å². The number of primary sulfonamides is 1. The van der Waals surface area contributed by atoms with Crippen molar-refractivity contribution in [2.45, 2.75) is 17.9 Å². The summed E-state index contributed by atoms with van der Waals surface area (Å²) in [5.74, 6) is -1.17. The van der Waals surface area contributed by atoms with Crippen LogP contribution in [0.5, 0.6) is 0 Å².